The summed E-state index contributed by atoms with van der Waals surface area (Å²) >= 11 is 1.65. The van der Waals surface area contributed by atoms with Crippen LogP contribution in [0.4, 0.5) is 0 Å². The van der Waals surface area contributed by atoms with Crippen molar-refractivity contribution in [3.63, 3.8) is 0 Å². The molecule has 120 valence electrons. The Balaban J connectivity index is 1.84. The van der Waals surface area contributed by atoms with Crippen molar-refractivity contribution in [3.05, 3.63) is 66.2 Å². The summed E-state index contributed by atoms with van der Waals surface area (Å²) in [6.45, 7) is 4.01. The molecule has 23 heavy (non-hydrogen) atoms. The van der Waals surface area contributed by atoms with E-state index in [9.17, 15) is 4.79 Å². The van der Waals surface area contributed by atoms with E-state index in [0.717, 1.165) is 30.0 Å². The van der Waals surface area contributed by atoms with Crippen molar-refractivity contribution >= 4 is 17.7 Å². The first-order valence-corrected chi connectivity index (χ1v) is 9.17. The maximum Gasteiger partial charge on any atom is 0.240 e. The van der Waals surface area contributed by atoms with Crippen LogP contribution in [0, 0.1) is 5.92 Å². The lowest BCUT2D eigenvalue weighted by Gasteiger charge is -2.33. The van der Waals surface area contributed by atoms with Crippen LogP contribution < -0.4 is 0 Å². The summed E-state index contributed by atoms with van der Waals surface area (Å²) in [5.74, 6) is 0.849. The molecule has 0 aromatic heterocycles. The van der Waals surface area contributed by atoms with Gasteiger partial charge in [0.2, 0.25) is 5.91 Å². The summed E-state index contributed by atoms with van der Waals surface area (Å²) in [5, 5.41) is -0.163. The first kappa shape index (κ1) is 16.1. The molecule has 0 unspecified atom stereocenters. The average molecular weight is 325 g/mol. The molecule has 2 aromatic rings. The van der Waals surface area contributed by atoms with Crippen LogP contribution >= 0.6 is 11.8 Å². The van der Waals surface area contributed by atoms with Crippen LogP contribution in [0.25, 0.3) is 0 Å². The number of hydrogen-bond donors (Lipinski definition) is 0. The fourth-order valence-corrected chi connectivity index (χ4v) is 4.21. The Labute approximate surface area is 142 Å². The third-order valence-corrected chi connectivity index (χ3v) is 5.55. The molecule has 2 aromatic carbocycles. The zero-order chi connectivity index (χ0) is 16.1. The summed E-state index contributed by atoms with van der Waals surface area (Å²) in [6.07, 6.45) is 2.34. The summed E-state index contributed by atoms with van der Waals surface area (Å²) in [5.41, 5.74) is 1.09. The van der Waals surface area contributed by atoms with Crippen LogP contribution in [-0.4, -0.2) is 23.9 Å². The number of likely N-dealkylation sites (tertiary alicyclic amines) is 1. The highest BCUT2D eigenvalue weighted by atomic mass is 32.2. The lowest BCUT2D eigenvalue weighted by atomic mass is 9.99. The number of piperidine rings is 1. The van der Waals surface area contributed by atoms with Crippen molar-refractivity contribution < 1.29 is 4.79 Å². The van der Waals surface area contributed by atoms with Crippen molar-refractivity contribution in [2.75, 3.05) is 13.1 Å². The van der Waals surface area contributed by atoms with Crippen molar-refractivity contribution in [1.29, 1.82) is 0 Å². The van der Waals surface area contributed by atoms with E-state index < -0.39 is 0 Å². The summed E-state index contributed by atoms with van der Waals surface area (Å²) in [7, 11) is 0. The molecule has 0 radical (unpaired) electrons. The predicted octanol–water partition coefficient (Wildman–Crippen LogP) is 4.78. The second-order valence-electron chi connectivity index (χ2n) is 6.25. The van der Waals surface area contributed by atoms with E-state index in [4.69, 9.17) is 0 Å². The molecular formula is C20H23NOS. The van der Waals surface area contributed by atoms with E-state index in [-0.39, 0.29) is 11.2 Å². The fraction of sp³-hybridized carbons (Fsp3) is 0.350. The molecule has 3 heteroatoms. The van der Waals surface area contributed by atoms with Gasteiger partial charge in [-0.2, -0.15) is 0 Å². The minimum Gasteiger partial charge on any atom is -0.341 e. The monoisotopic (exact) mass is 325 g/mol. The van der Waals surface area contributed by atoms with E-state index >= 15 is 0 Å². The van der Waals surface area contributed by atoms with Gasteiger partial charge in [-0.15, -0.1) is 11.8 Å². The molecule has 1 fully saturated rings. The molecule has 1 amide bonds. The molecule has 1 aliphatic rings. The normalized spacial score (nSPS) is 19.3. The Morgan fingerprint density at radius 2 is 1.74 bits per heavy atom. The second kappa shape index (κ2) is 7.69. The smallest absolute Gasteiger partial charge is 0.240 e. The number of amides is 1. The third-order valence-electron chi connectivity index (χ3n) is 4.29. The van der Waals surface area contributed by atoms with E-state index in [1.807, 2.05) is 36.4 Å². The standard InChI is InChI=1S/C20H23NOS/c1-16-9-8-14-21(15-16)20(22)19(17-10-4-2-5-11-17)23-18-12-6-3-7-13-18/h2-7,10-13,16,19H,8-9,14-15H2,1H3/t16-,19-/m1/s1. The molecule has 2 nitrogen and oxygen atoms in total. The van der Waals surface area contributed by atoms with E-state index in [1.54, 1.807) is 11.8 Å². The fourth-order valence-electron chi connectivity index (χ4n) is 3.08. The summed E-state index contributed by atoms with van der Waals surface area (Å²) in [4.78, 5) is 16.3. The Bertz CT molecular complexity index is 629. The third kappa shape index (κ3) is 4.17. The topological polar surface area (TPSA) is 20.3 Å². The number of hydrogen-bond acceptors (Lipinski definition) is 2. The van der Waals surface area contributed by atoms with Crippen molar-refractivity contribution in [2.24, 2.45) is 5.92 Å². The molecule has 0 saturated carbocycles. The lowest BCUT2D eigenvalue weighted by Crippen LogP contribution is -2.41. The molecule has 1 saturated heterocycles. The largest absolute Gasteiger partial charge is 0.341 e. The number of carbonyl (C=O) groups is 1. The Morgan fingerprint density at radius 1 is 1.09 bits per heavy atom. The van der Waals surface area contributed by atoms with Gasteiger partial charge in [-0.3, -0.25) is 4.79 Å². The molecule has 3 rings (SSSR count). The SMILES string of the molecule is C[C@@H]1CCCN(C(=O)[C@H](Sc2ccccc2)c2ccccc2)C1. The molecule has 2 atom stereocenters. The first-order valence-electron chi connectivity index (χ1n) is 8.29. The molecule has 0 N–H and O–H groups in total. The highest BCUT2D eigenvalue weighted by molar-refractivity contribution is 8.00. The van der Waals surface area contributed by atoms with Crippen LogP contribution in [0.1, 0.15) is 30.6 Å². The van der Waals surface area contributed by atoms with E-state index in [1.165, 1.54) is 6.42 Å². The Kier molecular flexibility index (Phi) is 5.39. The van der Waals surface area contributed by atoms with Crippen LogP contribution in [0.2, 0.25) is 0 Å². The zero-order valence-corrected chi connectivity index (χ0v) is 14.3. The molecule has 0 bridgehead atoms. The highest BCUT2D eigenvalue weighted by Crippen LogP contribution is 2.37. The minimum atomic E-state index is -0.163. The van der Waals surface area contributed by atoms with Gasteiger partial charge in [-0.1, -0.05) is 55.5 Å². The van der Waals surface area contributed by atoms with Gasteiger partial charge in [0, 0.05) is 18.0 Å². The molecular weight excluding hydrogens is 302 g/mol. The average Bonchev–Trinajstić information content (AvgIpc) is 2.61. The maximum absolute atomic E-state index is 13.2. The highest BCUT2D eigenvalue weighted by Gasteiger charge is 2.29. The number of rotatable bonds is 4. The number of nitrogens with zero attached hydrogens (tertiary/aromatic N) is 1. The van der Waals surface area contributed by atoms with Crippen LogP contribution in [0.5, 0.6) is 0 Å². The number of carbonyl (C=O) groups excluding carboxylic acids is 1. The van der Waals surface area contributed by atoms with Crippen LogP contribution in [0.3, 0.4) is 0 Å². The van der Waals surface area contributed by atoms with Gasteiger partial charge < -0.3 is 4.90 Å². The number of benzene rings is 2. The zero-order valence-electron chi connectivity index (χ0n) is 13.5. The van der Waals surface area contributed by atoms with Crippen molar-refractivity contribution in [3.8, 4) is 0 Å². The first-order chi connectivity index (χ1) is 11.2. The van der Waals surface area contributed by atoms with Gasteiger partial charge in [0.05, 0.1) is 0 Å². The van der Waals surface area contributed by atoms with Crippen LogP contribution in [0.15, 0.2) is 65.6 Å². The van der Waals surface area contributed by atoms with Gasteiger partial charge in [0.15, 0.2) is 0 Å². The van der Waals surface area contributed by atoms with E-state index in [0.29, 0.717) is 5.92 Å². The Morgan fingerprint density at radius 3 is 2.39 bits per heavy atom. The molecule has 1 heterocycles. The van der Waals surface area contributed by atoms with Gasteiger partial charge in [0.25, 0.3) is 0 Å². The molecule has 0 spiro atoms. The maximum atomic E-state index is 13.2. The summed E-state index contributed by atoms with van der Waals surface area (Å²) in [6, 6.07) is 20.4. The minimum absolute atomic E-state index is 0.163. The molecule has 1 aliphatic heterocycles. The lowest BCUT2D eigenvalue weighted by molar-refractivity contribution is -0.132. The predicted molar refractivity (Wildman–Crippen MR) is 96.5 cm³/mol. The Hall–Kier alpha value is -1.74. The van der Waals surface area contributed by atoms with Gasteiger partial charge in [-0.05, 0) is 36.5 Å². The second-order valence-corrected chi connectivity index (χ2v) is 7.43. The number of thioether (sulfide) groups is 1. The summed E-state index contributed by atoms with van der Waals surface area (Å²) < 4.78 is 0. The molecule has 0 aliphatic carbocycles. The van der Waals surface area contributed by atoms with Crippen LogP contribution in [-0.2, 0) is 4.79 Å². The van der Waals surface area contributed by atoms with Crippen molar-refractivity contribution in [2.45, 2.75) is 29.9 Å². The van der Waals surface area contributed by atoms with E-state index in [2.05, 4.69) is 36.1 Å². The quantitative estimate of drug-likeness (QED) is 0.754. The van der Waals surface area contributed by atoms with Crippen molar-refractivity contribution in [1.82, 2.24) is 4.90 Å². The van der Waals surface area contributed by atoms with Gasteiger partial charge in [-0.25, -0.2) is 0 Å². The van der Waals surface area contributed by atoms with Gasteiger partial charge in [0.1, 0.15) is 5.25 Å². The van der Waals surface area contributed by atoms with Gasteiger partial charge >= 0.3 is 0 Å².